The second-order valence-corrected chi connectivity index (χ2v) is 5.66. The Labute approximate surface area is 165 Å². The van der Waals surface area contributed by atoms with Crippen molar-refractivity contribution in [3.05, 3.63) is 48.6 Å². The Balaban J connectivity index is 0. The van der Waals surface area contributed by atoms with Gasteiger partial charge >= 0.3 is 23.9 Å². The van der Waals surface area contributed by atoms with Crippen molar-refractivity contribution < 1.29 is 38.1 Å². The van der Waals surface area contributed by atoms with Crippen LogP contribution in [0.15, 0.2) is 48.6 Å². The summed E-state index contributed by atoms with van der Waals surface area (Å²) in [6.45, 7) is 19.9. The fourth-order valence-corrected chi connectivity index (χ4v) is 1.03. The molecular formula is C20H28O8. The lowest BCUT2D eigenvalue weighted by molar-refractivity contribution is -0.147. The molecule has 0 aromatic heterocycles. The second kappa shape index (κ2) is 15.0. The largest absolute Gasteiger partial charge is 0.459 e. The van der Waals surface area contributed by atoms with Gasteiger partial charge in [-0.15, -0.1) is 0 Å². The maximum absolute atomic E-state index is 10.8. The number of carbonyl (C=O) groups is 4. The number of ether oxygens (including phenoxy) is 4. The lowest BCUT2D eigenvalue weighted by atomic mass is 10.4. The third-order valence-electron chi connectivity index (χ3n) is 2.49. The van der Waals surface area contributed by atoms with Crippen LogP contribution in [0.1, 0.15) is 27.7 Å². The van der Waals surface area contributed by atoms with E-state index in [1.54, 1.807) is 27.7 Å². The molecule has 0 rings (SSSR count). The predicted molar refractivity (Wildman–Crippen MR) is 103 cm³/mol. The first-order valence-electron chi connectivity index (χ1n) is 8.20. The van der Waals surface area contributed by atoms with Crippen molar-refractivity contribution >= 4 is 23.9 Å². The number of hydrogen-bond acceptors (Lipinski definition) is 8. The Hall–Kier alpha value is -3.16. The quantitative estimate of drug-likeness (QED) is 0.240. The van der Waals surface area contributed by atoms with Gasteiger partial charge in [0.25, 0.3) is 0 Å². The van der Waals surface area contributed by atoms with E-state index in [1.165, 1.54) is 0 Å². The highest BCUT2D eigenvalue weighted by atomic mass is 16.6. The topological polar surface area (TPSA) is 105 Å². The van der Waals surface area contributed by atoms with Gasteiger partial charge < -0.3 is 18.9 Å². The molecule has 0 spiro atoms. The zero-order chi connectivity index (χ0) is 22.3. The van der Waals surface area contributed by atoms with Gasteiger partial charge in [0.15, 0.2) is 0 Å². The Morgan fingerprint density at radius 2 is 0.607 bits per heavy atom. The van der Waals surface area contributed by atoms with Gasteiger partial charge in [0, 0.05) is 22.3 Å². The zero-order valence-electron chi connectivity index (χ0n) is 16.9. The molecule has 0 saturated carbocycles. The van der Waals surface area contributed by atoms with E-state index >= 15 is 0 Å². The maximum Gasteiger partial charge on any atom is 0.333 e. The molecular weight excluding hydrogens is 368 g/mol. The van der Waals surface area contributed by atoms with Crippen LogP contribution in [0.4, 0.5) is 0 Å². The molecule has 0 N–H and O–H groups in total. The van der Waals surface area contributed by atoms with Crippen LogP contribution >= 0.6 is 0 Å². The monoisotopic (exact) mass is 396 g/mol. The highest BCUT2D eigenvalue weighted by Gasteiger charge is 2.06. The van der Waals surface area contributed by atoms with Crippen LogP contribution in [0, 0.1) is 0 Å². The van der Waals surface area contributed by atoms with Crippen LogP contribution in [0.5, 0.6) is 0 Å². The molecule has 8 heteroatoms. The minimum Gasteiger partial charge on any atom is -0.459 e. The van der Waals surface area contributed by atoms with Gasteiger partial charge in [0.1, 0.15) is 26.4 Å². The number of rotatable bonds is 10. The number of hydrogen-bond donors (Lipinski definition) is 0. The van der Waals surface area contributed by atoms with Crippen molar-refractivity contribution in [3.63, 3.8) is 0 Å². The lowest BCUT2D eigenvalue weighted by Gasteiger charge is -2.05. The molecule has 0 aliphatic rings. The lowest BCUT2D eigenvalue weighted by Crippen LogP contribution is -2.14. The van der Waals surface area contributed by atoms with E-state index in [0.717, 1.165) is 0 Å². The Morgan fingerprint density at radius 3 is 0.714 bits per heavy atom. The second-order valence-electron chi connectivity index (χ2n) is 5.66. The van der Waals surface area contributed by atoms with Crippen molar-refractivity contribution in [2.45, 2.75) is 27.7 Å². The molecule has 0 heterocycles. The fraction of sp³-hybridized carbons (Fsp3) is 0.400. The van der Waals surface area contributed by atoms with Crippen molar-refractivity contribution in [1.29, 1.82) is 0 Å². The molecule has 156 valence electrons. The minimum absolute atomic E-state index is 0.0325. The molecule has 0 aliphatic carbocycles. The highest BCUT2D eigenvalue weighted by Crippen LogP contribution is 1.95. The van der Waals surface area contributed by atoms with Gasteiger partial charge in [0.05, 0.1) is 0 Å². The zero-order valence-corrected chi connectivity index (χ0v) is 16.9. The summed E-state index contributed by atoms with van der Waals surface area (Å²) < 4.78 is 18.8. The average Bonchev–Trinajstić information content (AvgIpc) is 2.61. The molecule has 0 atom stereocenters. The number of carbonyl (C=O) groups excluding carboxylic acids is 4. The minimum atomic E-state index is -0.489. The van der Waals surface area contributed by atoms with Crippen LogP contribution in [0.3, 0.4) is 0 Å². The Kier molecular flexibility index (Phi) is 14.5. The summed E-state index contributed by atoms with van der Waals surface area (Å²) in [5.41, 5.74) is 1.26. The van der Waals surface area contributed by atoms with Gasteiger partial charge in [-0.25, -0.2) is 19.2 Å². The molecule has 0 fully saturated rings. The SMILES string of the molecule is C=C(C)C(=O)OCCOC(=O)C(=C)C.C=C(C)C(=O)OCCOC(=O)C(=C)C. The van der Waals surface area contributed by atoms with Crippen molar-refractivity contribution in [1.82, 2.24) is 0 Å². The van der Waals surface area contributed by atoms with E-state index in [4.69, 9.17) is 0 Å². The normalized spacial score (nSPS) is 9.00. The molecule has 0 aromatic carbocycles. The summed E-state index contributed by atoms with van der Waals surface area (Å²) in [6.07, 6.45) is 0. The van der Waals surface area contributed by atoms with E-state index in [1.807, 2.05) is 0 Å². The maximum atomic E-state index is 10.8. The van der Waals surface area contributed by atoms with Crippen molar-refractivity contribution in [2.24, 2.45) is 0 Å². The smallest absolute Gasteiger partial charge is 0.333 e. The number of esters is 4. The van der Waals surface area contributed by atoms with Gasteiger partial charge in [-0.2, -0.15) is 0 Å². The van der Waals surface area contributed by atoms with E-state index in [9.17, 15) is 19.2 Å². The standard InChI is InChI=1S/2C10H14O4/c2*1-7(2)9(11)13-5-6-14-10(12)8(3)4/h2*1,3,5-6H2,2,4H3. The van der Waals surface area contributed by atoms with E-state index in [2.05, 4.69) is 45.3 Å². The van der Waals surface area contributed by atoms with E-state index < -0.39 is 23.9 Å². The fourth-order valence-electron chi connectivity index (χ4n) is 1.03. The van der Waals surface area contributed by atoms with Gasteiger partial charge in [-0.05, 0) is 27.7 Å². The first-order valence-corrected chi connectivity index (χ1v) is 8.20. The van der Waals surface area contributed by atoms with Crippen LogP contribution in [0.2, 0.25) is 0 Å². The summed E-state index contributed by atoms with van der Waals surface area (Å²) in [5.74, 6) is -1.96. The predicted octanol–water partition coefficient (Wildman–Crippen LogP) is 2.45. The van der Waals surface area contributed by atoms with Crippen LogP contribution in [0.25, 0.3) is 0 Å². The summed E-state index contributed by atoms with van der Waals surface area (Å²) in [6, 6.07) is 0. The Bertz CT molecular complexity index is 531. The summed E-state index contributed by atoms with van der Waals surface area (Å²) >= 11 is 0. The highest BCUT2D eigenvalue weighted by molar-refractivity contribution is 5.88. The molecule has 0 bridgehead atoms. The first kappa shape index (κ1) is 27.1. The van der Waals surface area contributed by atoms with E-state index in [0.29, 0.717) is 22.3 Å². The van der Waals surface area contributed by atoms with Crippen molar-refractivity contribution in [2.75, 3.05) is 26.4 Å². The van der Waals surface area contributed by atoms with Crippen LogP contribution in [-0.2, 0) is 38.1 Å². The summed E-state index contributed by atoms with van der Waals surface area (Å²) in [7, 11) is 0. The molecule has 0 radical (unpaired) electrons. The molecule has 0 amide bonds. The third-order valence-corrected chi connectivity index (χ3v) is 2.49. The van der Waals surface area contributed by atoms with Crippen LogP contribution in [-0.4, -0.2) is 50.3 Å². The Morgan fingerprint density at radius 1 is 0.464 bits per heavy atom. The van der Waals surface area contributed by atoms with Gasteiger partial charge in [-0.3, -0.25) is 0 Å². The first-order chi connectivity index (χ1) is 12.9. The summed E-state index contributed by atoms with van der Waals surface area (Å²) in [4.78, 5) is 43.4. The average molecular weight is 396 g/mol. The molecule has 0 aliphatic heterocycles. The van der Waals surface area contributed by atoms with Gasteiger partial charge in [-0.1, -0.05) is 26.3 Å². The molecule has 0 unspecified atom stereocenters. The molecule has 8 nitrogen and oxygen atoms in total. The molecule has 0 saturated heterocycles. The molecule has 0 aromatic rings. The third kappa shape index (κ3) is 15.1. The summed E-state index contributed by atoms with van der Waals surface area (Å²) in [5, 5.41) is 0. The molecule has 28 heavy (non-hydrogen) atoms. The van der Waals surface area contributed by atoms with Crippen LogP contribution < -0.4 is 0 Å². The van der Waals surface area contributed by atoms with Crippen molar-refractivity contribution in [3.8, 4) is 0 Å². The van der Waals surface area contributed by atoms with Gasteiger partial charge in [0.2, 0.25) is 0 Å². The van der Waals surface area contributed by atoms with E-state index in [-0.39, 0.29) is 26.4 Å².